The second kappa shape index (κ2) is 1.80. The normalized spacial score (nSPS) is 32.6. The Morgan fingerprint density at radius 2 is 2.57 bits per heavy atom. The number of hydrogen-bond donors (Lipinski definition) is 1. The summed E-state index contributed by atoms with van der Waals surface area (Å²) in [6.07, 6.45) is 0.846. The second-order valence-electron chi connectivity index (χ2n) is 1.90. The van der Waals surface area contributed by atoms with Crippen molar-refractivity contribution in [1.82, 2.24) is 4.90 Å². The minimum Gasteiger partial charge on any atom is -0.378 e. The monoisotopic (exact) mass is 101 g/mol. The molecule has 7 heavy (non-hydrogen) atoms. The molecule has 1 heterocycles. The van der Waals surface area contributed by atoms with Gasteiger partial charge in [0.2, 0.25) is 0 Å². The quantitative estimate of drug-likeness (QED) is 0.503. The Morgan fingerprint density at radius 1 is 1.86 bits per heavy atom. The Balaban J connectivity index is 2.16. The molecule has 42 valence electrons. The highest BCUT2D eigenvalue weighted by molar-refractivity contribution is 4.70. The maximum absolute atomic E-state index is 8.83. The lowest BCUT2D eigenvalue weighted by atomic mass is 10.2. The first kappa shape index (κ1) is 5.06. The van der Waals surface area contributed by atoms with Crippen molar-refractivity contribution in [1.29, 1.82) is 0 Å². The summed E-state index contributed by atoms with van der Waals surface area (Å²) < 4.78 is 0. The van der Waals surface area contributed by atoms with E-state index in [9.17, 15) is 0 Å². The van der Waals surface area contributed by atoms with Crippen LogP contribution in [0.1, 0.15) is 13.3 Å². The van der Waals surface area contributed by atoms with Gasteiger partial charge in [0.05, 0.1) is 0 Å². The molecule has 2 heteroatoms. The maximum Gasteiger partial charge on any atom is 0.108 e. The number of nitrogens with zero attached hydrogens (tertiary/aromatic N) is 1. The number of likely N-dealkylation sites (tertiary alicyclic amines) is 1. The van der Waals surface area contributed by atoms with Crippen LogP contribution < -0.4 is 0 Å². The molecule has 0 radical (unpaired) electrons. The molecule has 0 aliphatic carbocycles. The summed E-state index contributed by atoms with van der Waals surface area (Å²) in [5, 5.41) is 8.83. The van der Waals surface area contributed by atoms with Crippen molar-refractivity contribution >= 4 is 0 Å². The summed E-state index contributed by atoms with van der Waals surface area (Å²) in [4.78, 5) is 2.03. The lowest BCUT2D eigenvalue weighted by molar-refractivity contribution is -0.0700. The van der Waals surface area contributed by atoms with E-state index < -0.39 is 0 Å². The molecule has 2 nitrogen and oxygen atoms in total. The van der Waals surface area contributed by atoms with Crippen LogP contribution in [0.15, 0.2) is 0 Å². The summed E-state index contributed by atoms with van der Waals surface area (Å²) in [6, 6.07) is 0. The molecule has 0 amide bonds. The zero-order valence-electron chi connectivity index (χ0n) is 4.59. The SMILES string of the molecule is CCN1CCC1O. The number of aliphatic hydroxyl groups is 1. The molecule has 0 aromatic heterocycles. The smallest absolute Gasteiger partial charge is 0.108 e. The molecule has 0 saturated carbocycles. The Bertz CT molecular complexity index is 63.1. The van der Waals surface area contributed by atoms with Crippen LogP contribution in [0.4, 0.5) is 0 Å². The first-order valence-corrected chi connectivity index (χ1v) is 2.76. The molecule has 1 unspecified atom stereocenters. The van der Waals surface area contributed by atoms with Crippen LogP contribution in [0.25, 0.3) is 0 Å². The van der Waals surface area contributed by atoms with Crippen LogP contribution >= 0.6 is 0 Å². The number of hydrogen-bond acceptors (Lipinski definition) is 2. The lowest BCUT2D eigenvalue weighted by Crippen LogP contribution is -2.46. The van der Waals surface area contributed by atoms with Crippen molar-refractivity contribution in [2.75, 3.05) is 13.1 Å². The molecule has 0 spiro atoms. The Kier molecular flexibility index (Phi) is 1.30. The molecular formula is C5H11NO. The van der Waals surface area contributed by atoms with Crippen molar-refractivity contribution in [3.05, 3.63) is 0 Å². The van der Waals surface area contributed by atoms with E-state index in [-0.39, 0.29) is 6.23 Å². The second-order valence-corrected chi connectivity index (χ2v) is 1.90. The predicted octanol–water partition coefficient (Wildman–Crippen LogP) is 0.0304. The van der Waals surface area contributed by atoms with Gasteiger partial charge in [-0.3, -0.25) is 4.90 Å². The van der Waals surface area contributed by atoms with Crippen molar-refractivity contribution in [3.8, 4) is 0 Å². The van der Waals surface area contributed by atoms with Gasteiger partial charge in [0.25, 0.3) is 0 Å². The van der Waals surface area contributed by atoms with Crippen molar-refractivity contribution in [2.24, 2.45) is 0 Å². The third-order valence-electron chi connectivity index (χ3n) is 1.50. The average Bonchev–Trinajstić information content (AvgIpc) is 1.65. The van der Waals surface area contributed by atoms with Gasteiger partial charge in [0, 0.05) is 6.54 Å². The van der Waals surface area contributed by atoms with Crippen LogP contribution in [0.2, 0.25) is 0 Å². The van der Waals surface area contributed by atoms with Gasteiger partial charge in [-0.25, -0.2) is 0 Å². The molecule has 1 N–H and O–H groups in total. The van der Waals surface area contributed by atoms with Gasteiger partial charge < -0.3 is 5.11 Å². The van der Waals surface area contributed by atoms with Gasteiger partial charge in [-0.1, -0.05) is 6.92 Å². The lowest BCUT2D eigenvalue weighted by Gasteiger charge is -2.35. The van der Waals surface area contributed by atoms with E-state index in [2.05, 4.69) is 6.92 Å². The van der Waals surface area contributed by atoms with Gasteiger partial charge in [-0.15, -0.1) is 0 Å². The van der Waals surface area contributed by atoms with Crippen LogP contribution in [0.3, 0.4) is 0 Å². The minimum absolute atomic E-state index is 0.120. The zero-order chi connectivity index (χ0) is 5.28. The first-order chi connectivity index (χ1) is 3.34. The fraction of sp³-hybridized carbons (Fsp3) is 1.00. The summed E-state index contributed by atoms with van der Waals surface area (Å²) >= 11 is 0. The highest BCUT2D eigenvalue weighted by atomic mass is 16.3. The molecule has 1 aliphatic rings. The summed E-state index contributed by atoms with van der Waals surface area (Å²) in [5.74, 6) is 0. The summed E-state index contributed by atoms with van der Waals surface area (Å²) in [6.45, 7) is 4.13. The molecular weight excluding hydrogens is 90.1 g/mol. The van der Waals surface area contributed by atoms with Crippen molar-refractivity contribution in [3.63, 3.8) is 0 Å². The highest BCUT2D eigenvalue weighted by Gasteiger charge is 2.22. The van der Waals surface area contributed by atoms with Crippen LogP contribution in [-0.2, 0) is 0 Å². The van der Waals surface area contributed by atoms with Crippen LogP contribution in [-0.4, -0.2) is 29.3 Å². The van der Waals surface area contributed by atoms with E-state index in [0.29, 0.717) is 0 Å². The number of aliphatic hydroxyl groups excluding tert-OH is 1. The van der Waals surface area contributed by atoms with Gasteiger partial charge in [-0.2, -0.15) is 0 Å². The standard InChI is InChI=1S/C5H11NO/c1-2-6-4-3-5(6)7/h5,7H,2-4H2,1H3. The van der Waals surface area contributed by atoms with E-state index in [1.165, 1.54) is 0 Å². The highest BCUT2D eigenvalue weighted by Crippen LogP contribution is 2.11. The Morgan fingerprint density at radius 3 is 2.57 bits per heavy atom. The van der Waals surface area contributed by atoms with Crippen LogP contribution in [0, 0.1) is 0 Å². The fourth-order valence-electron chi connectivity index (χ4n) is 0.796. The summed E-state index contributed by atoms with van der Waals surface area (Å²) in [5.41, 5.74) is 0. The van der Waals surface area contributed by atoms with E-state index in [1.807, 2.05) is 4.90 Å². The minimum atomic E-state index is -0.120. The fourth-order valence-corrected chi connectivity index (χ4v) is 0.796. The van der Waals surface area contributed by atoms with Gasteiger partial charge >= 0.3 is 0 Å². The van der Waals surface area contributed by atoms with Gasteiger partial charge in [0.1, 0.15) is 6.23 Å². The zero-order valence-corrected chi connectivity index (χ0v) is 4.59. The van der Waals surface area contributed by atoms with E-state index in [1.54, 1.807) is 0 Å². The number of rotatable bonds is 1. The maximum atomic E-state index is 8.83. The van der Waals surface area contributed by atoms with Gasteiger partial charge in [-0.05, 0) is 13.0 Å². The molecule has 0 aromatic rings. The molecule has 1 fully saturated rings. The third-order valence-corrected chi connectivity index (χ3v) is 1.50. The third kappa shape index (κ3) is 0.763. The molecule has 0 bridgehead atoms. The molecule has 1 aliphatic heterocycles. The molecule has 1 saturated heterocycles. The predicted molar refractivity (Wildman–Crippen MR) is 27.9 cm³/mol. The van der Waals surface area contributed by atoms with E-state index >= 15 is 0 Å². The van der Waals surface area contributed by atoms with Crippen molar-refractivity contribution < 1.29 is 5.11 Å². The Hall–Kier alpha value is -0.0800. The van der Waals surface area contributed by atoms with Crippen LogP contribution in [0.5, 0.6) is 0 Å². The largest absolute Gasteiger partial charge is 0.378 e. The first-order valence-electron chi connectivity index (χ1n) is 2.76. The van der Waals surface area contributed by atoms with Crippen molar-refractivity contribution in [2.45, 2.75) is 19.6 Å². The topological polar surface area (TPSA) is 23.5 Å². The molecule has 0 aromatic carbocycles. The van der Waals surface area contributed by atoms with E-state index in [0.717, 1.165) is 19.5 Å². The Labute approximate surface area is 43.7 Å². The molecule has 1 atom stereocenters. The van der Waals surface area contributed by atoms with E-state index in [4.69, 9.17) is 5.11 Å². The average molecular weight is 101 g/mol. The van der Waals surface area contributed by atoms with Gasteiger partial charge in [0.15, 0.2) is 0 Å². The summed E-state index contributed by atoms with van der Waals surface area (Å²) in [7, 11) is 0. The molecule has 1 rings (SSSR count).